The Morgan fingerprint density at radius 1 is 0.528 bits per heavy atom. The van der Waals surface area contributed by atoms with Gasteiger partial charge in [0.05, 0.1) is 16.7 Å². The quantitative estimate of drug-likeness (QED) is 0.175. The smallest absolute Gasteiger partial charge is 0.197 e. The van der Waals surface area contributed by atoms with Crippen molar-refractivity contribution in [3.63, 3.8) is 0 Å². The van der Waals surface area contributed by atoms with E-state index in [1.807, 2.05) is 11.3 Å². The highest BCUT2D eigenvalue weighted by Crippen LogP contribution is 2.47. The van der Waals surface area contributed by atoms with Crippen LogP contribution in [-0.2, 0) is 0 Å². The number of hydrogen-bond donors (Lipinski definition) is 1. The van der Waals surface area contributed by atoms with Gasteiger partial charge in [-0.05, 0) is 83.8 Å². The molecule has 11 rings (SSSR count). The zero-order chi connectivity index (χ0) is 34.9. The van der Waals surface area contributed by atoms with Gasteiger partial charge in [0.2, 0.25) is 0 Å². The minimum Gasteiger partial charge on any atom is -0.355 e. The molecule has 0 amide bonds. The summed E-state index contributed by atoms with van der Waals surface area (Å²) in [6.07, 6.45) is 0. The largest absolute Gasteiger partial charge is 0.355 e. The van der Waals surface area contributed by atoms with Crippen LogP contribution in [-0.4, -0.2) is 11.8 Å². The van der Waals surface area contributed by atoms with Gasteiger partial charge >= 0.3 is 0 Å². The Morgan fingerprint density at radius 2 is 1.17 bits per heavy atom. The van der Waals surface area contributed by atoms with Gasteiger partial charge in [-0.2, -0.15) is 0 Å². The van der Waals surface area contributed by atoms with E-state index in [1.54, 1.807) is 0 Å². The Morgan fingerprint density at radius 3 is 1.94 bits per heavy atom. The lowest BCUT2D eigenvalue weighted by atomic mass is 9.59. The Bertz CT molecular complexity index is 2960. The van der Waals surface area contributed by atoms with Gasteiger partial charge in [-0.3, -0.25) is 0 Å². The average molecular weight is 693 g/mol. The standard InChI is InChI=1S/C48H31BN3S/c1-4-16-31(17-5-1)50-40-25-13-10-22-34(40)38-29-43(51(32-18-6-2-7-19-32)33-20-8-3-9-21-33)46-36-24-11-14-26-41(36)52-42-28-37-35-23-12-15-27-44(35)53-45(37)30-39(42)49-47(38)48(46)52/h1-30,50H. The summed E-state index contributed by atoms with van der Waals surface area (Å²) in [5, 5.41) is 8.84. The van der Waals surface area contributed by atoms with Crippen molar-refractivity contribution < 1.29 is 0 Å². The topological polar surface area (TPSA) is 20.2 Å². The van der Waals surface area contributed by atoms with Crippen LogP contribution in [0.2, 0.25) is 0 Å². The van der Waals surface area contributed by atoms with Crippen molar-refractivity contribution in [1.82, 2.24) is 4.57 Å². The van der Waals surface area contributed by atoms with Crippen LogP contribution in [0.3, 0.4) is 0 Å². The number of benzene rings is 8. The Hall–Kier alpha value is -6.56. The highest BCUT2D eigenvalue weighted by molar-refractivity contribution is 7.26. The molecule has 1 radical (unpaired) electrons. The predicted octanol–water partition coefficient (Wildman–Crippen LogP) is 12.0. The maximum atomic E-state index is 3.77. The molecule has 3 heterocycles. The van der Waals surface area contributed by atoms with Crippen LogP contribution in [0.15, 0.2) is 182 Å². The van der Waals surface area contributed by atoms with E-state index in [4.69, 9.17) is 0 Å². The Labute approximate surface area is 312 Å². The van der Waals surface area contributed by atoms with Crippen LogP contribution in [0.5, 0.6) is 0 Å². The summed E-state index contributed by atoms with van der Waals surface area (Å²) in [5.41, 5.74) is 13.9. The third-order valence-corrected chi connectivity index (χ3v) is 11.7. The van der Waals surface area contributed by atoms with Crippen molar-refractivity contribution >= 4 is 100.0 Å². The number of anilines is 5. The number of nitrogens with zero attached hydrogens (tertiary/aromatic N) is 2. The molecule has 53 heavy (non-hydrogen) atoms. The lowest BCUT2D eigenvalue weighted by Gasteiger charge is -2.30. The summed E-state index contributed by atoms with van der Waals surface area (Å²) < 4.78 is 5.16. The van der Waals surface area contributed by atoms with Gasteiger partial charge in [0.1, 0.15) is 0 Å². The van der Waals surface area contributed by atoms with Gasteiger partial charge in [-0.1, -0.05) is 115 Å². The molecule has 8 aromatic carbocycles. The summed E-state index contributed by atoms with van der Waals surface area (Å²) in [6, 6.07) is 65.7. The summed E-state index contributed by atoms with van der Waals surface area (Å²) in [6.45, 7) is 0. The number of rotatable bonds is 6. The number of thiophene rings is 1. The number of para-hydroxylation sites is 5. The van der Waals surface area contributed by atoms with Crippen LogP contribution >= 0.6 is 11.3 Å². The van der Waals surface area contributed by atoms with Crippen LogP contribution < -0.4 is 21.1 Å². The molecule has 0 unspecified atom stereocenters. The second-order valence-electron chi connectivity index (χ2n) is 13.6. The van der Waals surface area contributed by atoms with E-state index < -0.39 is 0 Å². The fourth-order valence-corrected chi connectivity index (χ4v) is 9.43. The molecule has 0 spiro atoms. The Balaban J connectivity index is 1.29. The van der Waals surface area contributed by atoms with Gasteiger partial charge in [0.25, 0.3) is 0 Å². The molecule has 1 aliphatic rings. The van der Waals surface area contributed by atoms with E-state index in [9.17, 15) is 0 Å². The third kappa shape index (κ3) is 4.75. The number of aromatic nitrogens is 1. The van der Waals surface area contributed by atoms with Crippen molar-refractivity contribution in [2.75, 3.05) is 10.2 Å². The highest BCUT2D eigenvalue weighted by atomic mass is 32.1. The zero-order valence-electron chi connectivity index (χ0n) is 28.7. The molecule has 0 bridgehead atoms. The molecule has 0 atom stereocenters. The van der Waals surface area contributed by atoms with Gasteiger partial charge in [0, 0.05) is 64.9 Å². The summed E-state index contributed by atoms with van der Waals surface area (Å²) in [7, 11) is 2.44. The lowest BCUT2D eigenvalue weighted by molar-refractivity contribution is 1.20. The normalized spacial score (nSPS) is 11.9. The van der Waals surface area contributed by atoms with E-state index in [2.05, 4.69) is 204 Å². The molecule has 0 saturated carbocycles. The minimum atomic E-state index is 1.06. The zero-order valence-corrected chi connectivity index (χ0v) is 29.5. The molecular weight excluding hydrogens is 661 g/mol. The van der Waals surface area contributed by atoms with E-state index in [1.165, 1.54) is 64.2 Å². The van der Waals surface area contributed by atoms with E-state index >= 15 is 0 Å². The predicted molar refractivity (Wildman–Crippen MR) is 229 cm³/mol. The SMILES string of the molecule is [B]1c2cc3sc4ccccc4c3cc2-n2c3ccccc3c3c(N(c4ccccc4)c4ccccc4)cc(-c4ccccc4Nc4ccccc4)c1c32. The van der Waals surface area contributed by atoms with Crippen LogP contribution in [0.4, 0.5) is 28.4 Å². The molecule has 1 aliphatic heterocycles. The molecule has 247 valence electrons. The highest BCUT2D eigenvalue weighted by Gasteiger charge is 2.31. The van der Waals surface area contributed by atoms with Crippen molar-refractivity contribution in [2.45, 2.75) is 0 Å². The number of hydrogen-bond acceptors (Lipinski definition) is 3. The van der Waals surface area contributed by atoms with E-state index in [0.29, 0.717) is 0 Å². The van der Waals surface area contributed by atoms with Gasteiger partial charge in [0.15, 0.2) is 7.28 Å². The number of fused-ring (bicyclic) bond motifs is 8. The van der Waals surface area contributed by atoms with Gasteiger partial charge < -0.3 is 14.8 Å². The van der Waals surface area contributed by atoms with Crippen molar-refractivity contribution in [3.05, 3.63) is 182 Å². The molecule has 0 aliphatic carbocycles. The van der Waals surface area contributed by atoms with Crippen molar-refractivity contribution in [1.29, 1.82) is 0 Å². The summed E-state index contributed by atoms with van der Waals surface area (Å²) in [4.78, 5) is 2.43. The monoisotopic (exact) mass is 692 g/mol. The van der Waals surface area contributed by atoms with E-state index in [-0.39, 0.29) is 0 Å². The maximum Gasteiger partial charge on any atom is 0.197 e. The van der Waals surface area contributed by atoms with Crippen molar-refractivity contribution in [2.24, 2.45) is 0 Å². The fourth-order valence-electron chi connectivity index (χ4n) is 8.29. The molecule has 10 aromatic rings. The van der Waals surface area contributed by atoms with Crippen LogP contribution in [0.1, 0.15) is 0 Å². The molecule has 5 heteroatoms. The third-order valence-electron chi connectivity index (χ3n) is 10.6. The van der Waals surface area contributed by atoms with E-state index in [0.717, 1.165) is 34.0 Å². The molecule has 3 nitrogen and oxygen atoms in total. The molecular formula is C48H31BN3S. The number of nitrogens with one attached hydrogen (secondary N) is 1. The first-order valence-corrected chi connectivity index (χ1v) is 18.8. The summed E-state index contributed by atoms with van der Waals surface area (Å²) >= 11 is 1.87. The first kappa shape index (κ1) is 30.1. The molecule has 0 saturated heterocycles. The fraction of sp³-hybridized carbons (Fsp3) is 0. The minimum absolute atomic E-state index is 1.06. The summed E-state index contributed by atoms with van der Waals surface area (Å²) in [5.74, 6) is 0. The first-order valence-electron chi connectivity index (χ1n) is 18.0. The second-order valence-corrected chi connectivity index (χ2v) is 14.7. The lowest BCUT2D eigenvalue weighted by Crippen LogP contribution is -2.37. The molecule has 2 aromatic heterocycles. The van der Waals surface area contributed by atoms with Crippen LogP contribution in [0.25, 0.3) is 58.8 Å². The molecule has 1 N–H and O–H groups in total. The molecule has 0 fully saturated rings. The first-order chi connectivity index (χ1) is 26.3. The second kappa shape index (κ2) is 12.0. The maximum absolute atomic E-state index is 3.77. The Kier molecular flexibility index (Phi) is 6.82. The van der Waals surface area contributed by atoms with Gasteiger partial charge in [-0.25, -0.2) is 0 Å². The van der Waals surface area contributed by atoms with Crippen molar-refractivity contribution in [3.8, 4) is 16.8 Å². The average Bonchev–Trinajstić information content (AvgIpc) is 3.76. The van der Waals surface area contributed by atoms with Gasteiger partial charge in [-0.15, -0.1) is 11.3 Å². The van der Waals surface area contributed by atoms with Crippen LogP contribution in [0, 0.1) is 0 Å².